The lowest BCUT2D eigenvalue weighted by Crippen LogP contribution is -2.22. The van der Waals surface area contributed by atoms with Crippen LogP contribution in [0.5, 0.6) is 0 Å². The van der Waals surface area contributed by atoms with E-state index < -0.39 is 0 Å². The third kappa shape index (κ3) is 6.13. The summed E-state index contributed by atoms with van der Waals surface area (Å²) in [6, 6.07) is 4.18. The van der Waals surface area contributed by atoms with Crippen molar-refractivity contribution in [1.82, 2.24) is 9.88 Å². The molecular formula is C13H22N2S. The van der Waals surface area contributed by atoms with E-state index in [1.54, 1.807) is 0 Å². The first-order valence-corrected chi connectivity index (χ1v) is 6.64. The number of rotatable bonds is 8. The first-order chi connectivity index (χ1) is 7.83. The smallest absolute Gasteiger partial charge is 0.0270 e. The summed E-state index contributed by atoms with van der Waals surface area (Å²) in [5.74, 6) is 1.01. The molecule has 0 atom stereocenters. The van der Waals surface area contributed by atoms with Gasteiger partial charge in [-0.1, -0.05) is 6.42 Å². The van der Waals surface area contributed by atoms with E-state index in [0.29, 0.717) is 0 Å². The summed E-state index contributed by atoms with van der Waals surface area (Å²) in [6.07, 6.45) is 8.66. The van der Waals surface area contributed by atoms with Gasteiger partial charge in [0.2, 0.25) is 0 Å². The molecule has 0 aliphatic rings. The molecule has 1 aromatic heterocycles. The molecule has 0 saturated heterocycles. The van der Waals surface area contributed by atoms with Crippen LogP contribution in [0.2, 0.25) is 0 Å². The van der Waals surface area contributed by atoms with E-state index in [0.717, 1.165) is 18.7 Å². The molecule has 16 heavy (non-hydrogen) atoms. The molecule has 0 unspecified atom stereocenters. The molecule has 1 aromatic rings. The van der Waals surface area contributed by atoms with Crippen molar-refractivity contribution in [2.75, 3.05) is 25.9 Å². The Morgan fingerprint density at radius 3 is 2.56 bits per heavy atom. The summed E-state index contributed by atoms with van der Waals surface area (Å²) in [4.78, 5) is 6.42. The summed E-state index contributed by atoms with van der Waals surface area (Å²) >= 11 is 4.21. The topological polar surface area (TPSA) is 16.1 Å². The molecule has 0 radical (unpaired) electrons. The molecule has 0 amide bonds. The van der Waals surface area contributed by atoms with Gasteiger partial charge in [0.1, 0.15) is 0 Å². The van der Waals surface area contributed by atoms with Crippen LogP contribution in [0.4, 0.5) is 0 Å². The minimum Gasteiger partial charge on any atom is -0.306 e. The third-order valence-corrected chi connectivity index (χ3v) is 3.05. The zero-order valence-electron chi connectivity index (χ0n) is 10.1. The number of hydrogen-bond donors (Lipinski definition) is 1. The van der Waals surface area contributed by atoms with E-state index in [1.165, 1.54) is 31.4 Å². The van der Waals surface area contributed by atoms with Crippen molar-refractivity contribution in [3.63, 3.8) is 0 Å². The Balaban J connectivity index is 2.08. The highest BCUT2D eigenvalue weighted by Crippen LogP contribution is 2.01. The van der Waals surface area contributed by atoms with E-state index in [9.17, 15) is 0 Å². The van der Waals surface area contributed by atoms with Crippen LogP contribution < -0.4 is 0 Å². The van der Waals surface area contributed by atoms with E-state index in [4.69, 9.17) is 0 Å². The Hall–Kier alpha value is -0.540. The first kappa shape index (κ1) is 13.5. The molecule has 0 aliphatic carbocycles. The van der Waals surface area contributed by atoms with Crippen LogP contribution in [0.1, 0.15) is 24.8 Å². The van der Waals surface area contributed by atoms with Crippen molar-refractivity contribution in [3.05, 3.63) is 30.1 Å². The third-order valence-electron chi connectivity index (χ3n) is 2.73. The van der Waals surface area contributed by atoms with E-state index in [-0.39, 0.29) is 0 Å². The van der Waals surface area contributed by atoms with Gasteiger partial charge in [0.25, 0.3) is 0 Å². The minimum absolute atomic E-state index is 1.01. The summed E-state index contributed by atoms with van der Waals surface area (Å²) in [5.41, 5.74) is 1.37. The normalized spacial score (nSPS) is 10.9. The number of hydrogen-bond acceptors (Lipinski definition) is 3. The summed E-state index contributed by atoms with van der Waals surface area (Å²) in [7, 11) is 2.20. The van der Waals surface area contributed by atoms with Gasteiger partial charge in [0.05, 0.1) is 0 Å². The highest BCUT2D eigenvalue weighted by Gasteiger charge is 1.99. The van der Waals surface area contributed by atoms with Crippen LogP contribution >= 0.6 is 12.6 Å². The lowest BCUT2D eigenvalue weighted by Gasteiger charge is -2.16. The molecule has 0 saturated carbocycles. The molecule has 1 heterocycles. The molecule has 0 aromatic carbocycles. The van der Waals surface area contributed by atoms with Gasteiger partial charge in [-0.25, -0.2) is 0 Å². The summed E-state index contributed by atoms with van der Waals surface area (Å²) in [5, 5.41) is 0. The Morgan fingerprint density at radius 2 is 1.88 bits per heavy atom. The Labute approximate surface area is 104 Å². The minimum atomic E-state index is 1.01. The Kier molecular flexibility index (Phi) is 7.26. The maximum atomic E-state index is 4.21. The molecular weight excluding hydrogens is 216 g/mol. The second kappa shape index (κ2) is 8.59. The van der Waals surface area contributed by atoms with Gasteiger partial charge in [-0.05, 0) is 56.3 Å². The fraction of sp³-hybridized carbons (Fsp3) is 0.615. The van der Waals surface area contributed by atoms with Gasteiger partial charge in [-0.3, -0.25) is 4.98 Å². The molecule has 0 bridgehead atoms. The Morgan fingerprint density at radius 1 is 1.12 bits per heavy atom. The molecule has 0 spiro atoms. The predicted octanol–water partition coefficient (Wildman–Crippen LogP) is 2.66. The number of likely N-dealkylation sites (N-methyl/N-ethyl adjacent to an activating group) is 1. The van der Waals surface area contributed by atoms with Gasteiger partial charge in [-0.2, -0.15) is 12.6 Å². The second-order valence-corrected chi connectivity index (χ2v) is 4.64. The standard InChI is InChI=1S/C13H22N2S/c1-15(10-3-2-4-12-16)11-7-13-5-8-14-9-6-13/h5-6,8-9,16H,2-4,7,10-12H2,1H3. The fourth-order valence-corrected chi connectivity index (χ4v) is 1.88. The number of nitrogens with zero attached hydrogens (tertiary/aromatic N) is 2. The Bertz CT molecular complexity index is 264. The van der Waals surface area contributed by atoms with Crippen molar-refractivity contribution in [2.45, 2.75) is 25.7 Å². The fourth-order valence-electron chi connectivity index (χ4n) is 1.65. The molecule has 3 heteroatoms. The average Bonchev–Trinajstić information content (AvgIpc) is 2.33. The van der Waals surface area contributed by atoms with Crippen LogP contribution in [-0.2, 0) is 6.42 Å². The van der Waals surface area contributed by atoms with Crippen molar-refractivity contribution in [2.24, 2.45) is 0 Å². The summed E-state index contributed by atoms with van der Waals surface area (Å²) in [6.45, 7) is 2.32. The van der Waals surface area contributed by atoms with E-state index in [2.05, 4.69) is 41.7 Å². The molecule has 2 nitrogen and oxygen atoms in total. The van der Waals surface area contributed by atoms with Crippen molar-refractivity contribution in [3.8, 4) is 0 Å². The maximum absolute atomic E-state index is 4.21. The van der Waals surface area contributed by atoms with Gasteiger partial charge >= 0.3 is 0 Å². The second-order valence-electron chi connectivity index (χ2n) is 4.19. The van der Waals surface area contributed by atoms with E-state index >= 15 is 0 Å². The van der Waals surface area contributed by atoms with Crippen molar-refractivity contribution >= 4 is 12.6 Å². The van der Waals surface area contributed by atoms with Crippen LogP contribution in [0, 0.1) is 0 Å². The molecule has 90 valence electrons. The molecule has 0 N–H and O–H groups in total. The highest BCUT2D eigenvalue weighted by atomic mass is 32.1. The lowest BCUT2D eigenvalue weighted by molar-refractivity contribution is 0.329. The number of unbranched alkanes of at least 4 members (excludes halogenated alkanes) is 2. The first-order valence-electron chi connectivity index (χ1n) is 6.01. The zero-order chi connectivity index (χ0) is 11.6. The lowest BCUT2D eigenvalue weighted by atomic mass is 10.2. The summed E-state index contributed by atoms with van der Waals surface area (Å²) < 4.78 is 0. The van der Waals surface area contributed by atoms with Crippen molar-refractivity contribution < 1.29 is 0 Å². The maximum Gasteiger partial charge on any atom is 0.0270 e. The number of aromatic nitrogens is 1. The highest BCUT2D eigenvalue weighted by molar-refractivity contribution is 7.80. The quantitative estimate of drug-likeness (QED) is 0.553. The average molecular weight is 238 g/mol. The van der Waals surface area contributed by atoms with Gasteiger partial charge < -0.3 is 4.90 Å². The van der Waals surface area contributed by atoms with Crippen LogP contribution in [0.3, 0.4) is 0 Å². The van der Waals surface area contributed by atoms with Gasteiger partial charge in [0, 0.05) is 18.9 Å². The number of pyridine rings is 1. The monoisotopic (exact) mass is 238 g/mol. The molecule has 1 rings (SSSR count). The van der Waals surface area contributed by atoms with Crippen molar-refractivity contribution in [1.29, 1.82) is 0 Å². The predicted molar refractivity (Wildman–Crippen MR) is 73.1 cm³/mol. The number of thiol groups is 1. The van der Waals surface area contributed by atoms with Crippen LogP contribution in [0.25, 0.3) is 0 Å². The van der Waals surface area contributed by atoms with Gasteiger partial charge in [0.15, 0.2) is 0 Å². The molecule has 0 aliphatic heterocycles. The van der Waals surface area contributed by atoms with Crippen LogP contribution in [0.15, 0.2) is 24.5 Å². The van der Waals surface area contributed by atoms with Gasteiger partial charge in [-0.15, -0.1) is 0 Å². The SMILES string of the molecule is CN(CCCCCS)CCc1ccncc1. The van der Waals surface area contributed by atoms with Crippen LogP contribution in [-0.4, -0.2) is 35.8 Å². The van der Waals surface area contributed by atoms with E-state index in [1.807, 2.05) is 12.4 Å². The molecule has 0 fully saturated rings. The largest absolute Gasteiger partial charge is 0.306 e. The zero-order valence-corrected chi connectivity index (χ0v) is 11.0.